The van der Waals surface area contributed by atoms with E-state index in [0.717, 1.165) is 23.5 Å². The third-order valence-corrected chi connectivity index (χ3v) is 5.62. The molecule has 1 heterocycles. The Morgan fingerprint density at radius 1 is 1.16 bits per heavy atom. The second-order valence-electron chi connectivity index (χ2n) is 7.82. The molecule has 4 rings (SSSR count). The number of hydrogen-bond donors (Lipinski definition) is 2. The summed E-state index contributed by atoms with van der Waals surface area (Å²) in [5.41, 5.74) is 2.65. The molecular weight excluding hydrogens is 409 g/mol. The lowest BCUT2D eigenvalue weighted by molar-refractivity contribution is 0.246. The van der Waals surface area contributed by atoms with Crippen LogP contribution >= 0.6 is 0 Å². The van der Waals surface area contributed by atoms with Crippen LogP contribution in [0.25, 0.3) is 11.1 Å². The van der Waals surface area contributed by atoms with E-state index in [1.54, 1.807) is 31.5 Å². The molecule has 1 fully saturated rings. The Hall–Kier alpha value is -3.32. The Bertz CT molecular complexity index is 1070. The number of aromatic nitrogens is 1. The van der Waals surface area contributed by atoms with Crippen molar-refractivity contribution < 1.29 is 19.1 Å². The molecule has 0 bridgehead atoms. The maximum absolute atomic E-state index is 14.3. The van der Waals surface area contributed by atoms with Crippen molar-refractivity contribution in [1.82, 2.24) is 4.98 Å². The number of pyridine rings is 1. The minimum absolute atomic E-state index is 0.204. The lowest BCUT2D eigenvalue weighted by Crippen LogP contribution is -2.29. The first-order valence-corrected chi connectivity index (χ1v) is 10.9. The van der Waals surface area contributed by atoms with Gasteiger partial charge >= 0.3 is 0 Å². The monoisotopic (exact) mass is 437 g/mol. The molecule has 0 aliphatic heterocycles. The normalized spacial score (nSPS) is 13.4. The second-order valence-corrected chi connectivity index (χ2v) is 7.82. The van der Waals surface area contributed by atoms with Gasteiger partial charge in [-0.05, 0) is 56.0 Å². The SMILES string of the molecule is CCOc1cc(CN(O)c2ncc(-c3ccccc3F)cc2NC2CCC2)ccc1OC. The van der Waals surface area contributed by atoms with Crippen LogP contribution in [0.15, 0.2) is 54.7 Å². The number of methoxy groups -OCH3 is 1. The number of nitrogens with zero attached hydrogens (tertiary/aromatic N) is 2. The summed E-state index contributed by atoms with van der Waals surface area (Å²) in [7, 11) is 1.59. The summed E-state index contributed by atoms with van der Waals surface area (Å²) in [5.74, 6) is 1.35. The molecular formula is C25H28FN3O3. The van der Waals surface area contributed by atoms with Gasteiger partial charge in [0, 0.05) is 23.4 Å². The quantitative estimate of drug-likeness (QED) is 0.422. The van der Waals surface area contributed by atoms with Gasteiger partial charge in [0.15, 0.2) is 17.3 Å². The van der Waals surface area contributed by atoms with Crippen LogP contribution in [0.2, 0.25) is 0 Å². The molecule has 1 saturated carbocycles. The first kappa shape index (κ1) is 21.9. The van der Waals surface area contributed by atoms with Crippen molar-refractivity contribution in [1.29, 1.82) is 0 Å². The molecule has 2 aromatic carbocycles. The zero-order chi connectivity index (χ0) is 22.5. The summed E-state index contributed by atoms with van der Waals surface area (Å²) in [4.78, 5) is 4.49. The zero-order valence-corrected chi connectivity index (χ0v) is 18.3. The molecule has 2 N–H and O–H groups in total. The van der Waals surface area contributed by atoms with E-state index >= 15 is 0 Å². The average Bonchev–Trinajstić information content (AvgIpc) is 2.77. The number of nitrogens with one attached hydrogen (secondary N) is 1. The number of ether oxygens (including phenoxy) is 2. The minimum atomic E-state index is -0.306. The maximum atomic E-state index is 14.3. The first-order valence-electron chi connectivity index (χ1n) is 10.9. The molecule has 168 valence electrons. The molecule has 0 atom stereocenters. The standard InChI is InChI=1S/C25H28FN3O3/c1-3-32-24-13-17(11-12-23(24)31-2)16-29(30)25-22(28-19-7-6-8-19)14-18(15-27-25)20-9-4-5-10-21(20)26/h4-5,9-15,19,28,30H,3,6-8,16H2,1-2H3. The van der Waals surface area contributed by atoms with Crippen molar-refractivity contribution in [2.75, 3.05) is 24.1 Å². The number of benzene rings is 2. The van der Waals surface area contributed by atoms with Gasteiger partial charge in [-0.1, -0.05) is 24.3 Å². The average molecular weight is 438 g/mol. The lowest BCUT2D eigenvalue weighted by Gasteiger charge is -2.30. The van der Waals surface area contributed by atoms with Crippen LogP contribution in [0.5, 0.6) is 11.5 Å². The number of anilines is 2. The van der Waals surface area contributed by atoms with E-state index in [2.05, 4.69) is 10.3 Å². The summed E-state index contributed by atoms with van der Waals surface area (Å²) in [6.45, 7) is 2.62. The smallest absolute Gasteiger partial charge is 0.176 e. The molecule has 1 aromatic heterocycles. The fraction of sp³-hybridized carbons (Fsp3) is 0.320. The lowest BCUT2D eigenvalue weighted by atomic mass is 9.93. The van der Waals surface area contributed by atoms with Crippen LogP contribution < -0.4 is 19.9 Å². The molecule has 0 unspecified atom stereocenters. The van der Waals surface area contributed by atoms with Gasteiger partial charge in [-0.25, -0.2) is 14.4 Å². The highest BCUT2D eigenvalue weighted by molar-refractivity contribution is 5.74. The summed E-state index contributed by atoms with van der Waals surface area (Å²) < 4.78 is 25.3. The van der Waals surface area contributed by atoms with E-state index < -0.39 is 0 Å². The Balaban J connectivity index is 1.62. The summed E-state index contributed by atoms with van der Waals surface area (Å²) in [6, 6.07) is 14.3. The molecule has 0 spiro atoms. The van der Waals surface area contributed by atoms with Crippen LogP contribution in [-0.2, 0) is 6.54 Å². The van der Waals surface area contributed by atoms with E-state index in [4.69, 9.17) is 9.47 Å². The van der Waals surface area contributed by atoms with Crippen LogP contribution in [0, 0.1) is 5.82 Å². The van der Waals surface area contributed by atoms with E-state index in [-0.39, 0.29) is 12.4 Å². The Kier molecular flexibility index (Phi) is 6.75. The van der Waals surface area contributed by atoms with Crippen molar-refractivity contribution in [2.24, 2.45) is 0 Å². The third-order valence-electron chi connectivity index (χ3n) is 5.62. The predicted molar refractivity (Wildman–Crippen MR) is 123 cm³/mol. The fourth-order valence-corrected chi connectivity index (χ4v) is 3.72. The van der Waals surface area contributed by atoms with Gasteiger partial charge in [0.05, 0.1) is 25.9 Å². The highest BCUT2D eigenvalue weighted by Gasteiger charge is 2.22. The summed E-state index contributed by atoms with van der Waals surface area (Å²) >= 11 is 0. The zero-order valence-electron chi connectivity index (χ0n) is 18.3. The summed E-state index contributed by atoms with van der Waals surface area (Å²) in [6.07, 6.45) is 4.88. The van der Waals surface area contributed by atoms with Crippen LogP contribution in [0.4, 0.5) is 15.9 Å². The largest absolute Gasteiger partial charge is 0.493 e. The minimum Gasteiger partial charge on any atom is -0.493 e. The van der Waals surface area contributed by atoms with Crippen molar-refractivity contribution >= 4 is 11.5 Å². The van der Waals surface area contributed by atoms with Gasteiger partial charge in [-0.3, -0.25) is 5.21 Å². The van der Waals surface area contributed by atoms with Gasteiger partial charge in [0.25, 0.3) is 0 Å². The van der Waals surface area contributed by atoms with Crippen molar-refractivity contribution in [3.05, 3.63) is 66.1 Å². The number of rotatable bonds is 9. The van der Waals surface area contributed by atoms with E-state index in [1.807, 2.05) is 31.2 Å². The van der Waals surface area contributed by atoms with Gasteiger partial charge in [-0.15, -0.1) is 0 Å². The van der Waals surface area contributed by atoms with Crippen LogP contribution in [0.3, 0.4) is 0 Å². The third kappa shape index (κ3) is 4.78. The van der Waals surface area contributed by atoms with E-state index in [1.165, 1.54) is 12.5 Å². The highest BCUT2D eigenvalue weighted by atomic mass is 19.1. The van der Waals surface area contributed by atoms with Gasteiger partial charge in [0.2, 0.25) is 0 Å². The highest BCUT2D eigenvalue weighted by Crippen LogP contribution is 2.34. The number of hydroxylamine groups is 1. The Labute approximate surface area is 187 Å². The fourth-order valence-electron chi connectivity index (χ4n) is 3.72. The molecule has 3 aromatic rings. The molecule has 7 heteroatoms. The molecule has 0 amide bonds. The van der Waals surface area contributed by atoms with Crippen molar-refractivity contribution in [3.63, 3.8) is 0 Å². The number of hydrogen-bond acceptors (Lipinski definition) is 6. The predicted octanol–water partition coefficient (Wildman–Crippen LogP) is 5.66. The van der Waals surface area contributed by atoms with Gasteiger partial charge in [-0.2, -0.15) is 0 Å². The summed E-state index contributed by atoms with van der Waals surface area (Å²) in [5, 5.41) is 15.5. The molecule has 6 nitrogen and oxygen atoms in total. The Morgan fingerprint density at radius 3 is 2.66 bits per heavy atom. The molecule has 0 saturated heterocycles. The Morgan fingerprint density at radius 2 is 1.97 bits per heavy atom. The van der Waals surface area contributed by atoms with E-state index in [9.17, 15) is 9.60 Å². The van der Waals surface area contributed by atoms with Crippen LogP contribution in [-0.4, -0.2) is 29.9 Å². The van der Waals surface area contributed by atoms with Crippen molar-refractivity contribution in [2.45, 2.75) is 38.8 Å². The number of halogens is 1. The van der Waals surface area contributed by atoms with Crippen LogP contribution in [0.1, 0.15) is 31.7 Å². The second kappa shape index (κ2) is 9.87. The van der Waals surface area contributed by atoms with Gasteiger partial charge < -0.3 is 14.8 Å². The first-order chi connectivity index (χ1) is 15.6. The van der Waals surface area contributed by atoms with E-state index in [0.29, 0.717) is 46.8 Å². The molecule has 1 aliphatic rings. The molecule has 0 radical (unpaired) electrons. The topological polar surface area (TPSA) is 66.9 Å². The molecule has 1 aliphatic carbocycles. The van der Waals surface area contributed by atoms with Crippen molar-refractivity contribution in [3.8, 4) is 22.6 Å². The van der Waals surface area contributed by atoms with Gasteiger partial charge in [0.1, 0.15) is 5.82 Å². The molecule has 32 heavy (non-hydrogen) atoms. The maximum Gasteiger partial charge on any atom is 0.176 e.